The van der Waals surface area contributed by atoms with E-state index in [2.05, 4.69) is 158 Å². The Balaban J connectivity index is 1.29. The first-order valence-electron chi connectivity index (χ1n) is 18.8. The molecule has 0 bridgehead atoms. The quantitative estimate of drug-likeness (QED) is 0.159. The van der Waals surface area contributed by atoms with Crippen molar-refractivity contribution in [1.29, 1.82) is 0 Å². The molecule has 1 aliphatic heterocycles. The van der Waals surface area contributed by atoms with E-state index in [1.807, 2.05) is 12.3 Å². The molecule has 0 fully saturated rings. The third-order valence-corrected chi connectivity index (χ3v) is 10.7. The summed E-state index contributed by atoms with van der Waals surface area (Å²) >= 11 is 0. The van der Waals surface area contributed by atoms with E-state index in [0.717, 1.165) is 58.2 Å². The average molecular weight is 689 g/mol. The van der Waals surface area contributed by atoms with Gasteiger partial charge >= 0.3 is 0 Å². The molecular weight excluding hydrogens is 637 g/mol. The molecule has 5 nitrogen and oxygen atoms in total. The minimum atomic E-state index is -0.401. The second kappa shape index (κ2) is 14.2. The summed E-state index contributed by atoms with van der Waals surface area (Å²) in [5.74, 6) is 3.16. The van der Waals surface area contributed by atoms with Crippen LogP contribution >= 0.6 is 0 Å². The number of hydrogen-bond acceptors (Lipinski definition) is 5. The minimum absolute atomic E-state index is 0.0787. The second-order valence-corrected chi connectivity index (χ2v) is 16.4. The van der Waals surface area contributed by atoms with Gasteiger partial charge in [-0.25, -0.2) is 9.98 Å². The smallest absolute Gasteiger partial charge is 0.169 e. The van der Waals surface area contributed by atoms with E-state index in [0.29, 0.717) is 18.4 Å². The Labute approximate surface area is 310 Å². The molecule has 0 amide bonds. The van der Waals surface area contributed by atoms with E-state index in [4.69, 9.17) is 19.7 Å². The standard InChI is InChI=1S/C47H52N4O/c1-30(2)33-14-18-35(19-15-33)43-49-44(36-20-16-34(17-21-36)31(3)4)51-45(50-43)38-27-41(52-25-24-32-12-10-9-11-13-32)42(48-28-38)37-22-23-39-40(26-37)47(7,8)29-46(39,5)6/h9-23,26-28,30-31,43H,24-25,29H2,1-8H3,(H,49,50,51). The molecule has 0 radical (unpaired) electrons. The SMILES string of the molecule is CC(C)c1ccc(C2=NC(c3ccc(C(C)C)cc3)N=C(c3cnc(-c4ccc5c(c4)C(C)(C)CC5(C)C)c(OCCc4ccccc4)c3)N2)cc1. The molecule has 5 heteroatoms. The summed E-state index contributed by atoms with van der Waals surface area (Å²) in [5.41, 5.74) is 11.7. The molecule has 1 N–H and O–H groups in total. The van der Waals surface area contributed by atoms with Crippen molar-refractivity contribution in [2.24, 2.45) is 9.98 Å². The van der Waals surface area contributed by atoms with Crippen molar-refractivity contribution in [3.8, 4) is 17.0 Å². The van der Waals surface area contributed by atoms with Gasteiger partial charge in [0.25, 0.3) is 0 Å². The first-order chi connectivity index (χ1) is 24.9. The van der Waals surface area contributed by atoms with Crippen LogP contribution in [0.15, 0.2) is 119 Å². The number of nitrogens with zero attached hydrogens (tertiary/aromatic N) is 3. The van der Waals surface area contributed by atoms with Crippen LogP contribution in [0.25, 0.3) is 11.3 Å². The highest BCUT2D eigenvalue weighted by Gasteiger charge is 2.42. The van der Waals surface area contributed by atoms with E-state index < -0.39 is 6.17 Å². The van der Waals surface area contributed by atoms with Gasteiger partial charge in [0.1, 0.15) is 23.1 Å². The highest BCUT2D eigenvalue weighted by Crippen LogP contribution is 2.50. The van der Waals surface area contributed by atoms with Crippen LogP contribution in [0.4, 0.5) is 0 Å². The maximum atomic E-state index is 6.66. The maximum absolute atomic E-state index is 6.66. The van der Waals surface area contributed by atoms with Gasteiger partial charge in [-0.3, -0.25) is 4.98 Å². The maximum Gasteiger partial charge on any atom is 0.169 e. The van der Waals surface area contributed by atoms with Crippen LogP contribution in [0.3, 0.4) is 0 Å². The molecule has 1 aromatic heterocycles. The van der Waals surface area contributed by atoms with Gasteiger partial charge in [-0.2, -0.15) is 0 Å². The van der Waals surface area contributed by atoms with E-state index in [1.165, 1.54) is 27.8 Å². The van der Waals surface area contributed by atoms with Crippen LogP contribution in [0.5, 0.6) is 5.75 Å². The van der Waals surface area contributed by atoms with Gasteiger partial charge in [-0.15, -0.1) is 0 Å². The lowest BCUT2D eigenvalue weighted by molar-refractivity contribution is 0.322. The number of ether oxygens (including phenoxy) is 1. The van der Waals surface area contributed by atoms with Gasteiger partial charge in [0.2, 0.25) is 0 Å². The van der Waals surface area contributed by atoms with Gasteiger partial charge in [-0.05, 0) is 74.6 Å². The van der Waals surface area contributed by atoms with E-state index in [9.17, 15) is 0 Å². The third kappa shape index (κ3) is 7.32. The number of fused-ring (bicyclic) bond motifs is 1. The fourth-order valence-corrected chi connectivity index (χ4v) is 7.93. The molecule has 2 aliphatic rings. The Kier molecular flexibility index (Phi) is 9.65. The zero-order valence-corrected chi connectivity index (χ0v) is 32.0. The van der Waals surface area contributed by atoms with E-state index >= 15 is 0 Å². The topological polar surface area (TPSA) is 58.9 Å². The zero-order valence-electron chi connectivity index (χ0n) is 32.0. The summed E-state index contributed by atoms with van der Waals surface area (Å²) in [5, 5.41) is 3.59. The lowest BCUT2D eigenvalue weighted by Gasteiger charge is -2.23. The zero-order chi connectivity index (χ0) is 36.6. The summed E-state index contributed by atoms with van der Waals surface area (Å²) < 4.78 is 6.66. The molecule has 5 aromatic rings. The van der Waals surface area contributed by atoms with Crippen molar-refractivity contribution in [2.75, 3.05) is 6.61 Å². The number of aliphatic imine (C=N–C) groups is 2. The molecule has 1 atom stereocenters. The van der Waals surface area contributed by atoms with Crippen molar-refractivity contribution < 1.29 is 4.74 Å². The van der Waals surface area contributed by atoms with Crippen molar-refractivity contribution in [3.05, 3.63) is 154 Å². The van der Waals surface area contributed by atoms with Crippen LogP contribution in [0, 0.1) is 0 Å². The van der Waals surface area contributed by atoms with Crippen LogP contribution < -0.4 is 10.1 Å². The first-order valence-corrected chi connectivity index (χ1v) is 18.8. The Morgan fingerprint density at radius 2 is 1.27 bits per heavy atom. The molecule has 0 saturated carbocycles. The van der Waals surface area contributed by atoms with Crippen molar-refractivity contribution in [1.82, 2.24) is 10.3 Å². The highest BCUT2D eigenvalue weighted by atomic mass is 16.5. The molecule has 4 aromatic carbocycles. The number of benzene rings is 4. The first kappa shape index (κ1) is 35.4. The monoisotopic (exact) mass is 688 g/mol. The van der Waals surface area contributed by atoms with Gasteiger partial charge in [0.05, 0.1) is 6.61 Å². The predicted octanol–water partition coefficient (Wildman–Crippen LogP) is 11.1. The fourth-order valence-electron chi connectivity index (χ4n) is 7.93. The van der Waals surface area contributed by atoms with E-state index in [1.54, 1.807) is 0 Å². The van der Waals surface area contributed by atoms with Gasteiger partial charge < -0.3 is 10.1 Å². The fraction of sp³-hybridized carbons (Fsp3) is 0.340. The molecule has 1 unspecified atom stereocenters. The summed E-state index contributed by atoms with van der Waals surface area (Å²) in [4.78, 5) is 15.5. The number of hydrogen-bond donors (Lipinski definition) is 1. The normalized spacial score (nSPS) is 17.4. The van der Waals surface area contributed by atoms with Gasteiger partial charge in [0, 0.05) is 29.3 Å². The molecule has 2 heterocycles. The summed E-state index contributed by atoms with van der Waals surface area (Å²) in [7, 11) is 0. The number of aromatic nitrogens is 1. The molecule has 0 spiro atoms. The Morgan fingerprint density at radius 1 is 0.673 bits per heavy atom. The average Bonchev–Trinajstić information content (AvgIpc) is 3.33. The number of rotatable bonds is 10. The van der Waals surface area contributed by atoms with E-state index in [-0.39, 0.29) is 10.8 Å². The summed E-state index contributed by atoms with van der Waals surface area (Å²) in [6.07, 6.45) is 3.44. The lowest BCUT2D eigenvalue weighted by Crippen LogP contribution is -2.36. The minimum Gasteiger partial charge on any atom is -0.491 e. The largest absolute Gasteiger partial charge is 0.491 e. The highest BCUT2D eigenvalue weighted by molar-refractivity contribution is 6.16. The number of pyridine rings is 1. The lowest BCUT2D eigenvalue weighted by atomic mass is 9.82. The third-order valence-electron chi connectivity index (χ3n) is 10.7. The van der Waals surface area contributed by atoms with Crippen molar-refractivity contribution in [2.45, 2.75) is 97.1 Å². The molecule has 7 rings (SSSR count). The van der Waals surface area contributed by atoms with Crippen LogP contribution in [-0.2, 0) is 17.3 Å². The Hall–Kier alpha value is -5.03. The number of amidine groups is 2. The Bertz CT molecular complexity index is 2110. The Morgan fingerprint density at radius 3 is 1.92 bits per heavy atom. The van der Waals surface area contributed by atoms with Crippen molar-refractivity contribution in [3.63, 3.8) is 0 Å². The molecule has 0 saturated heterocycles. The van der Waals surface area contributed by atoms with Gasteiger partial charge in [0.15, 0.2) is 6.17 Å². The van der Waals surface area contributed by atoms with Crippen molar-refractivity contribution >= 4 is 11.7 Å². The van der Waals surface area contributed by atoms with Crippen LogP contribution in [0.2, 0.25) is 0 Å². The van der Waals surface area contributed by atoms with Crippen LogP contribution in [-0.4, -0.2) is 23.3 Å². The summed E-state index contributed by atoms with van der Waals surface area (Å²) in [6.45, 7) is 18.8. The number of nitrogens with one attached hydrogen (secondary N) is 1. The molecule has 52 heavy (non-hydrogen) atoms. The summed E-state index contributed by atoms with van der Waals surface area (Å²) in [6, 6.07) is 36.8. The predicted molar refractivity (Wildman–Crippen MR) is 216 cm³/mol. The second-order valence-electron chi connectivity index (χ2n) is 16.4. The van der Waals surface area contributed by atoms with Gasteiger partial charge in [-0.1, -0.05) is 146 Å². The van der Waals surface area contributed by atoms with Crippen LogP contribution in [0.1, 0.15) is 124 Å². The molecule has 266 valence electrons. The molecular formula is C47H52N4O. The molecule has 1 aliphatic carbocycles.